The van der Waals surface area contributed by atoms with Crippen molar-refractivity contribution in [2.24, 2.45) is 0 Å². The highest BCUT2D eigenvalue weighted by Gasteiger charge is 2.19. The van der Waals surface area contributed by atoms with E-state index in [0.717, 1.165) is 34.4 Å². The number of aryl methyl sites for hydroxylation is 1. The molecule has 0 aliphatic carbocycles. The molecular formula is C21H24N4O3S. The zero-order chi connectivity index (χ0) is 20.8. The number of carboxylic acid groups (broad SMARTS) is 1. The molecular weight excluding hydrogens is 388 g/mol. The molecule has 0 spiro atoms. The summed E-state index contributed by atoms with van der Waals surface area (Å²) in [5.74, 6) is -0.604. The summed E-state index contributed by atoms with van der Waals surface area (Å²) in [7, 11) is 0. The number of hydrogen-bond donors (Lipinski definition) is 3. The average Bonchev–Trinajstić information content (AvgIpc) is 3.10. The quantitative estimate of drug-likeness (QED) is 0.491. The third-order valence-corrected chi connectivity index (χ3v) is 5.54. The first kappa shape index (κ1) is 20.7. The summed E-state index contributed by atoms with van der Waals surface area (Å²) >= 11 is 1.63. The van der Waals surface area contributed by atoms with Crippen molar-refractivity contribution < 1.29 is 14.7 Å². The van der Waals surface area contributed by atoms with Gasteiger partial charge in [0, 0.05) is 17.0 Å². The molecule has 2 aromatic heterocycles. The number of nitrogens with zero attached hydrogens (tertiary/aromatic N) is 2. The number of carboxylic acids is 1. The van der Waals surface area contributed by atoms with E-state index in [2.05, 4.69) is 26.7 Å². The summed E-state index contributed by atoms with van der Waals surface area (Å²) < 4.78 is 0. The van der Waals surface area contributed by atoms with E-state index < -0.39 is 12.0 Å². The second kappa shape index (κ2) is 9.47. The number of nitrogens with one attached hydrogen (secondary N) is 2. The number of anilines is 1. The Morgan fingerprint density at radius 2 is 1.97 bits per heavy atom. The van der Waals surface area contributed by atoms with Crippen LogP contribution in [0.1, 0.15) is 47.0 Å². The van der Waals surface area contributed by atoms with E-state index in [1.807, 2.05) is 26.0 Å². The normalized spacial score (nSPS) is 11.9. The third kappa shape index (κ3) is 5.29. The van der Waals surface area contributed by atoms with Crippen LogP contribution >= 0.6 is 11.3 Å². The van der Waals surface area contributed by atoms with E-state index in [0.29, 0.717) is 18.5 Å². The number of amides is 1. The number of carbonyl (C=O) groups excluding carboxylic acids is 1. The highest BCUT2D eigenvalue weighted by atomic mass is 32.1. The predicted molar refractivity (Wildman–Crippen MR) is 114 cm³/mol. The largest absolute Gasteiger partial charge is 0.480 e. The number of fused-ring (bicyclic) bond motifs is 1. The average molecular weight is 413 g/mol. The molecule has 29 heavy (non-hydrogen) atoms. The van der Waals surface area contributed by atoms with Crippen molar-refractivity contribution in [3.05, 3.63) is 52.7 Å². The fourth-order valence-electron chi connectivity index (χ4n) is 2.98. The van der Waals surface area contributed by atoms with Gasteiger partial charge < -0.3 is 15.7 Å². The Morgan fingerprint density at radius 3 is 2.66 bits per heavy atom. The monoisotopic (exact) mass is 412 g/mol. The van der Waals surface area contributed by atoms with E-state index in [1.54, 1.807) is 29.8 Å². The number of unbranched alkanes of at least 4 members (excludes halogenated alkanes) is 1. The Labute approximate surface area is 173 Å². The smallest absolute Gasteiger partial charge is 0.326 e. The molecule has 2 heterocycles. The van der Waals surface area contributed by atoms with Gasteiger partial charge in [-0.05, 0) is 37.1 Å². The van der Waals surface area contributed by atoms with Crippen molar-refractivity contribution in [1.29, 1.82) is 0 Å². The fraction of sp³-hybridized carbons (Fsp3) is 0.333. The van der Waals surface area contributed by atoms with Crippen molar-refractivity contribution in [2.75, 3.05) is 5.32 Å². The zero-order valence-corrected chi connectivity index (χ0v) is 17.3. The molecule has 0 fully saturated rings. The molecule has 1 aromatic carbocycles. The molecule has 8 heteroatoms. The van der Waals surface area contributed by atoms with Crippen molar-refractivity contribution in [3.8, 4) is 0 Å². The molecule has 0 bridgehead atoms. The fourth-order valence-corrected chi connectivity index (χ4v) is 3.83. The van der Waals surface area contributed by atoms with Gasteiger partial charge in [0.05, 0.1) is 5.39 Å². The van der Waals surface area contributed by atoms with Crippen molar-refractivity contribution >= 4 is 39.2 Å². The van der Waals surface area contributed by atoms with Crippen molar-refractivity contribution in [2.45, 2.75) is 45.7 Å². The van der Waals surface area contributed by atoms with Gasteiger partial charge in [0.1, 0.15) is 23.0 Å². The van der Waals surface area contributed by atoms with Gasteiger partial charge in [0.15, 0.2) is 0 Å². The van der Waals surface area contributed by atoms with Crippen LogP contribution in [0.15, 0.2) is 36.7 Å². The molecule has 0 saturated heterocycles. The van der Waals surface area contributed by atoms with Crippen molar-refractivity contribution in [1.82, 2.24) is 15.3 Å². The Hall–Kier alpha value is -3.00. The number of benzene rings is 1. The summed E-state index contributed by atoms with van der Waals surface area (Å²) in [5.41, 5.74) is 1.43. The van der Waals surface area contributed by atoms with E-state index in [-0.39, 0.29) is 5.91 Å². The predicted octanol–water partition coefficient (Wildman–Crippen LogP) is 3.99. The molecule has 0 aliphatic rings. The van der Waals surface area contributed by atoms with Gasteiger partial charge in [-0.2, -0.15) is 0 Å². The molecule has 0 radical (unpaired) electrons. The first-order valence-electron chi connectivity index (χ1n) is 9.55. The number of hydrogen-bond acceptors (Lipinski definition) is 6. The molecule has 3 aromatic rings. The maximum Gasteiger partial charge on any atom is 0.326 e. The van der Waals surface area contributed by atoms with Crippen LogP contribution < -0.4 is 10.6 Å². The zero-order valence-electron chi connectivity index (χ0n) is 16.4. The van der Waals surface area contributed by atoms with E-state index in [4.69, 9.17) is 0 Å². The van der Waals surface area contributed by atoms with Gasteiger partial charge in [-0.3, -0.25) is 4.79 Å². The Kier molecular flexibility index (Phi) is 6.77. The minimum Gasteiger partial charge on any atom is -0.480 e. The van der Waals surface area contributed by atoms with Gasteiger partial charge in [0.2, 0.25) is 0 Å². The lowest BCUT2D eigenvalue weighted by molar-refractivity contribution is -0.139. The van der Waals surface area contributed by atoms with Crippen LogP contribution in [0.25, 0.3) is 10.2 Å². The molecule has 0 saturated carbocycles. The molecule has 7 nitrogen and oxygen atoms in total. The molecule has 3 N–H and O–H groups in total. The molecule has 1 unspecified atom stereocenters. The lowest BCUT2D eigenvalue weighted by Gasteiger charge is -2.14. The number of carbonyl (C=O) groups is 2. The van der Waals surface area contributed by atoms with Crippen molar-refractivity contribution in [3.63, 3.8) is 0 Å². The summed E-state index contributed by atoms with van der Waals surface area (Å²) in [6.07, 6.45) is 3.60. The van der Waals surface area contributed by atoms with Crippen LogP contribution in [0.5, 0.6) is 0 Å². The lowest BCUT2D eigenvalue weighted by atomic mass is 10.1. The van der Waals surface area contributed by atoms with Crippen LogP contribution in [0.4, 0.5) is 5.82 Å². The summed E-state index contributed by atoms with van der Waals surface area (Å²) in [4.78, 5) is 34.4. The number of aliphatic carboxylic acids is 1. The SMILES string of the molecule is CCCCC(NC(=O)c1ccc(CNc2ncnc3sc(C)cc23)cc1)C(=O)O. The van der Waals surface area contributed by atoms with Gasteiger partial charge in [-0.1, -0.05) is 31.9 Å². The van der Waals surface area contributed by atoms with Crippen LogP contribution in [-0.4, -0.2) is 33.0 Å². The number of rotatable bonds is 9. The summed E-state index contributed by atoms with van der Waals surface area (Å²) in [5, 5.41) is 16.2. The third-order valence-electron chi connectivity index (χ3n) is 4.58. The van der Waals surface area contributed by atoms with E-state index in [1.165, 1.54) is 4.88 Å². The Bertz CT molecular complexity index is 1000. The Balaban J connectivity index is 1.62. The second-order valence-corrected chi connectivity index (χ2v) is 8.09. The van der Waals surface area contributed by atoms with Crippen LogP contribution in [-0.2, 0) is 11.3 Å². The first-order valence-corrected chi connectivity index (χ1v) is 10.4. The van der Waals surface area contributed by atoms with Crippen LogP contribution in [0, 0.1) is 6.92 Å². The first-order chi connectivity index (χ1) is 14.0. The number of aromatic nitrogens is 2. The van der Waals surface area contributed by atoms with Gasteiger partial charge in [-0.15, -0.1) is 11.3 Å². The topological polar surface area (TPSA) is 104 Å². The molecule has 1 amide bonds. The van der Waals surface area contributed by atoms with E-state index in [9.17, 15) is 14.7 Å². The molecule has 0 aliphatic heterocycles. The standard InChI is InChI=1S/C21H24N4O3S/c1-3-4-5-17(21(27)28)25-19(26)15-8-6-14(7-9-15)11-22-18-16-10-13(2)29-20(16)24-12-23-18/h6-10,12,17H,3-5,11H2,1-2H3,(H,25,26)(H,27,28)(H,22,23,24). The number of thiophene rings is 1. The highest BCUT2D eigenvalue weighted by Crippen LogP contribution is 2.27. The van der Waals surface area contributed by atoms with Crippen LogP contribution in [0.2, 0.25) is 0 Å². The second-order valence-electron chi connectivity index (χ2n) is 6.86. The summed E-state index contributed by atoms with van der Waals surface area (Å²) in [6, 6.07) is 8.30. The molecule has 152 valence electrons. The molecule has 3 rings (SSSR count). The minimum absolute atomic E-state index is 0.376. The maximum absolute atomic E-state index is 12.4. The maximum atomic E-state index is 12.4. The minimum atomic E-state index is -1.01. The Morgan fingerprint density at radius 1 is 1.21 bits per heavy atom. The van der Waals surface area contributed by atoms with Gasteiger partial charge >= 0.3 is 5.97 Å². The van der Waals surface area contributed by atoms with Crippen LogP contribution in [0.3, 0.4) is 0 Å². The molecule has 1 atom stereocenters. The highest BCUT2D eigenvalue weighted by molar-refractivity contribution is 7.18. The van der Waals surface area contributed by atoms with E-state index >= 15 is 0 Å². The lowest BCUT2D eigenvalue weighted by Crippen LogP contribution is -2.40. The van der Waals surface area contributed by atoms with Gasteiger partial charge in [0.25, 0.3) is 5.91 Å². The summed E-state index contributed by atoms with van der Waals surface area (Å²) in [6.45, 7) is 4.58. The van der Waals surface area contributed by atoms with Gasteiger partial charge in [-0.25, -0.2) is 14.8 Å².